The first-order chi connectivity index (χ1) is 17.7. The van der Waals surface area contributed by atoms with E-state index in [2.05, 4.69) is 5.32 Å². The third-order valence-electron chi connectivity index (χ3n) is 5.31. The molecule has 2 amide bonds. The number of carbonyl (C=O) groups is 1. The van der Waals surface area contributed by atoms with Crippen LogP contribution in [0.1, 0.15) is 25.0 Å². The van der Waals surface area contributed by atoms with Crippen LogP contribution >= 0.6 is 23.2 Å². The molecule has 38 heavy (non-hydrogen) atoms. The van der Waals surface area contributed by atoms with Crippen LogP contribution in [0.5, 0.6) is 11.5 Å². The van der Waals surface area contributed by atoms with Gasteiger partial charge in [-0.15, -0.1) is 0 Å². The van der Waals surface area contributed by atoms with E-state index in [9.17, 15) is 26.4 Å². The number of nitrogens with one attached hydrogen (secondary N) is 1. The maximum atomic E-state index is 13.1. The maximum absolute atomic E-state index is 13.1. The molecule has 0 radical (unpaired) electrons. The number of methoxy groups -OCH3 is 1. The number of rotatable bonds is 8. The summed E-state index contributed by atoms with van der Waals surface area (Å²) in [6, 6.07) is 11.5. The van der Waals surface area contributed by atoms with E-state index >= 15 is 0 Å². The third-order valence-corrected chi connectivity index (χ3v) is 7.17. The largest absolute Gasteiger partial charge is 0.493 e. The minimum Gasteiger partial charge on any atom is -0.493 e. The molecule has 0 unspecified atom stereocenters. The zero-order valence-electron chi connectivity index (χ0n) is 20.3. The molecule has 7 nitrogen and oxygen atoms in total. The Kier molecular flexibility index (Phi) is 9.06. The molecule has 0 spiro atoms. The first-order valence-corrected chi connectivity index (χ1v) is 13.2. The first-order valence-electron chi connectivity index (χ1n) is 11.0. The molecule has 0 atom stereocenters. The van der Waals surface area contributed by atoms with Crippen molar-refractivity contribution in [1.82, 2.24) is 4.90 Å². The van der Waals surface area contributed by atoms with Gasteiger partial charge in [-0.25, -0.2) is 4.79 Å². The second-order valence-corrected chi connectivity index (χ2v) is 10.7. The van der Waals surface area contributed by atoms with Gasteiger partial charge in [-0.05, 0) is 61.9 Å². The molecule has 0 saturated heterocycles. The lowest BCUT2D eigenvalue weighted by molar-refractivity contribution is -0.137. The number of para-hydroxylation sites is 1. The zero-order chi connectivity index (χ0) is 28.3. The van der Waals surface area contributed by atoms with E-state index in [1.54, 1.807) is 38.1 Å². The molecular weight excluding hydrogens is 568 g/mol. The summed E-state index contributed by atoms with van der Waals surface area (Å²) in [4.78, 5) is 13.8. The van der Waals surface area contributed by atoms with E-state index in [-0.39, 0.29) is 39.8 Å². The number of ether oxygens (including phenoxy) is 1. The number of halogens is 5. The number of alkyl halides is 3. The molecule has 0 aliphatic carbocycles. The Hall–Kier alpha value is -3.15. The first kappa shape index (κ1) is 29.4. The average Bonchev–Trinajstić information content (AvgIpc) is 2.84. The second-order valence-electron chi connectivity index (χ2n) is 8.30. The molecule has 3 aromatic carbocycles. The smallest absolute Gasteiger partial charge is 0.416 e. The minimum absolute atomic E-state index is 0.00946. The van der Waals surface area contributed by atoms with Crippen molar-refractivity contribution >= 4 is 45.0 Å². The summed E-state index contributed by atoms with van der Waals surface area (Å²) < 4.78 is 75.2. The summed E-state index contributed by atoms with van der Waals surface area (Å²) in [5.41, 5.74) is -0.452. The molecule has 0 aromatic heterocycles. The fourth-order valence-corrected chi connectivity index (χ4v) is 4.83. The lowest BCUT2D eigenvalue weighted by Gasteiger charge is -2.28. The molecule has 0 bridgehead atoms. The fourth-order valence-electron chi connectivity index (χ4n) is 3.36. The van der Waals surface area contributed by atoms with Gasteiger partial charge < -0.3 is 19.1 Å². The van der Waals surface area contributed by atoms with Gasteiger partial charge in [0, 0.05) is 12.6 Å². The van der Waals surface area contributed by atoms with Gasteiger partial charge in [0.1, 0.15) is 4.90 Å². The lowest BCUT2D eigenvalue weighted by atomic mass is 10.1. The van der Waals surface area contributed by atoms with Crippen LogP contribution in [0.3, 0.4) is 0 Å². The number of amides is 2. The molecule has 3 aromatic rings. The molecule has 0 aliphatic heterocycles. The van der Waals surface area contributed by atoms with Crippen LogP contribution in [0.15, 0.2) is 65.6 Å². The van der Waals surface area contributed by atoms with Crippen LogP contribution < -0.4 is 14.2 Å². The summed E-state index contributed by atoms with van der Waals surface area (Å²) >= 11 is 12.3. The van der Waals surface area contributed by atoms with E-state index in [4.69, 9.17) is 32.1 Å². The Labute approximate surface area is 228 Å². The highest BCUT2D eigenvalue weighted by Crippen LogP contribution is 2.34. The number of benzene rings is 3. The van der Waals surface area contributed by atoms with E-state index in [0.717, 1.165) is 18.2 Å². The van der Waals surface area contributed by atoms with Gasteiger partial charge in [-0.2, -0.15) is 21.6 Å². The van der Waals surface area contributed by atoms with E-state index in [1.807, 2.05) is 0 Å². The summed E-state index contributed by atoms with van der Waals surface area (Å²) in [5, 5.41) is 3.16. The molecule has 0 aliphatic rings. The van der Waals surface area contributed by atoms with Gasteiger partial charge in [0.25, 0.3) is 0 Å². The van der Waals surface area contributed by atoms with Crippen LogP contribution in [-0.4, -0.2) is 32.5 Å². The van der Waals surface area contributed by atoms with Gasteiger partial charge in [-0.1, -0.05) is 41.4 Å². The van der Waals surface area contributed by atoms with Crippen LogP contribution in [0.2, 0.25) is 10.0 Å². The Morgan fingerprint density at radius 1 is 1.00 bits per heavy atom. The highest BCUT2D eigenvalue weighted by molar-refractivity contribution is 7.87. The fraction of sp³-hybridized carbons (Fsp3) is 0.240. The van der Waals surface area contributed by atoms with Crippen molar-refractivity contribution in [3.63, 3.8) is 0 Å². The summed E-state index contributed by atoms with van der Waals surface area (Å²) in [5.74, 6) is -0.242. The molecule has 0 heterocycles. The predicted molar refractivity (Wildman–Crippen MR) is 138 cm³/mol. The molecule has 0 fully saturated rings. The minimum atomic E-state index is -4.74. The maximum Gasteiger partial charge on any atom is 0.416 e. The van der Waals surface area contributed by atoms with Crippen LogP contribution in [0.25, 0.3) is 0 Å². The summed E-state index contributed by atoms with van der Waals surface area (Å²) in [6.07, 6.45) is -4.74. The molecule has 0 saturated carbocycles. The van der Waals surface area contributed by atoms with Gasteiger partial charge in [0.2, 0.25) is 0 Å². The van der Waals surface area contributed by atoms with Crippen molar-refractivity contribution in [1.29, 1.82) is 0 Å². The lowest BCUT2D eigenvalue weighted by Crippen LogP contribution is -2.39. The number of hydrogen-bond donors (Lipinski definition) is 1. The zero-order valence-corrected chi connectivity index (χ0v) is 22.7. The van der Waals surface area contributed by atoms with Gasteiger partial charge >= 0.3 is 22.3 Å². The van der Waals surface area contributed by atoms with E-state index in [0.29, 0.717) is 11.6 Å². The number of nitrogens with zero attached hydrogens (tertiary/aromatic N) is 1. The number of urea groups is 1. The molecular formula is C25H23Cl2F3N2O5S. The highest BCUT2D eigenvalue weighted by Gasteiger charge is 2.32. The molecule has 204 valence electrons. The molecule has 1 N–H and O–H groups in total. The SMILES string of the molecule is COc1ccc(CN(C(=O)Nc2c(Cl)cccc2Cl)C(C)C)cc1OS(=O)(=O)c1cccc(C(F)(F)F)c1. The third kappa shape index (κ3) is 7.03. The van der Waals surface area contributed by atoms with Crippen molar-refractivity contribution in [3.8, 4) is 11.5 Å². The van der Waals surface area contributed by atoms with Gasteiger partial charge in [0.05, 0.1) is 28.4 Å². The average molecular weight is 591 g/mol. The van der Waals surface area contributed by atoms with Gasteiger partial charge in [-0.3, -0.25) is 0 Å². The van der Waals surface area contributed by atoms with Crippen molar-refractivity contribution in [2.45, 2.75) is 37.5 Å². The standard InChI is InChI=1S/C25H23Cl2F3N2O5S/c1-15(2)32(24(33)31-23-19(26)8-5-9-20(23)27)14-16-10-11-21(36-3)22(12-16)37-38(34,35)18-7-4-6-17(13-18)25(28,29)30/h4-13,15H,14H2,1-3H3,(H,31,33). The topological polar surface area (TPSA) is 84.9 Å². The molecule has 13 heteroatoms. The van der Waals surface area contributed by atoms with Crippen molar-refractivity contribution in [2.24, 2.45) is 0 Å². The summed E-state index contributed by atoms with van der Waals surface area (Å²) in [6.45, 7) is 3.55. The quantitative estimate of drug-likeness (QED) is 0.280. The van der Waals surface area contributed by atoms with Crippen molar-refractivity contribution in [2.75, 3.05) is 12.4 Å². The van der Waals surface area contributed by atoms with Crippen LogP contribution in [0.4, 0.5) is 23.7 Å². The molecule has 3 rings (SSSR count). The second kappa shape index (κ2) is 11.7. The normalized spacial score (nSPS) is 11.8. The Morgan fingerprint density at radius 2 is 1.63 bits per heavy atom. The Morgan fingerprint density at radius 3 is 2.21 bits per heavy atom. The Balaban J connectivity index is 1.89. The van der Waals surface area contributed by atoms with Crippen molar-refractivity contribution < 1.29 is 35.3 Å². The van der Waals surface area contributed by atoms with Crippen LogP contribution in [0, 0.1) is 0 Å². The number of hydrogen-bond acceptors (Lipinski definition) is 5. The number of anilines is 1. The monoisotopic (exact) mass is 590 g/mol. The summed E-state index contributed by atoms with van der Waals surface area (Å²) in [7, 11) is -3.38. The Bertz CT molecular complexity index is 1410. The van der Waals surface area contributed by atoms with Crippen LogP contribution in [-0.2, 0) is 22.8 Å². The van der Waals surface area contributed by atoms with Crippen molar-refractivity contribution in [3.05, 3.63) is 81.8 Å². The predicted octanol–water partition coefficient (Wildman–Crippen LogP) is 7.23. The van der Waals surface area contributed by atoms with E-state index in [1.165, 1.54) is 24.1 Å². The van der Waals surface area contributed by atoms with E-state index < -0.39 is 32.8 Å². The van der Waals surface area contributed by atoms with Gasteiger partial charge in [0.15, 0.2) is 11.5 Å². The number of carbonyl (C=O) groups excluding carboxylic acids is 1. The highest BCUT2D eigenvalue weighted by atomic mass is 35.5.